The zero-order valence-electron chi connectivity index (χ0n) is 9.23. The summed E-state index contributed by atoms with van der Waals surface area (Å²) >= 11 is 0. The molecule has 0 aromatic carbocycles. The van der Waals surface area contributed by atoms with Gasteiger partial charge in [0.25, 0.3) is 0 Å². The lowest BCUT2D eigenvalue weighted by molar-refractivity contribution is 0.572. The molecule has 72 valence electrons. The van der Waals surface area contributed by atoms with Gasteiger partial charge in [0, 0.05) is 0 Å². The fraction of sp³-hybridized carbons (Fsp3) is 1.00. The van der Waals surface area contributed by atoms with Crippen molar-refractivity contribution >= 4 is 7.85 Å². The number of hydrogen-bond acceptors (Lipinski definition) is 0. The van der Waals surface area contributed by atoms with Crippen molar-refractivity contribution in [3.8, 4) is 0 Å². The molecule has 0 fully saturated rings. The predicted octanol–water partition coefficient (Wildman–Crippen LogP) is 3.57. The molecular weight excluding hydrogens is 143 g/mol. The van der Waals surface area contributed by atoms with Crippen LogP contribution in [0.1, 0.15) is 65.2 Å². The van der Waals surface area contributed by atoms with Crippen molar-refractivity contribution in [3.63, 3.8) is 0 Å². The average molecular weight is 168 g/mol. The molecule has 0 rings (SSSR count). The van der Waals surface area contributed by atoms with Gasteiger partial charge in [-0.25, -0.2) is 0 Å². The van der Waals surface area contributed by atoms with Gasteiger partial charge in [-0.15, -0.1) is 0 Å². The van der Waals surface area contributed by atoms with E-state index in [1.54, 1.807) is 0 Å². The summed E-state index contributed by atoms with van der Waals surface area (Å²) < 4.78 is 0. The minimum absolute atomic E-state index is 0.974. The van der Waals surface area contributed by atoms with Gasteiger partial charge in [-0.3, -0.25) is 0 Å². The summed E-state index contributed by atoms with van der Waals surface area (Å²) in [6.45, 7) is 4.56. The van der Waals surface area contributed by atoms with Gasteiger partial charge < -0.3 is 0 Å². The molecule has 0 nitrogen and oxygen atoms in total. The molecule has 0 aliphatic rings. The number of unbranched alkanes of at least 4 members (excludes halogenated alkanes) is 4. The van der Waals surface area contributed by atoms with E-state index in [4.69, 9.17) is 0 Å². The van der Waals surface area contributed by atoms with Crippen LogP contribution in [-0.2, 0) is 0 Å². The van der Waals surface area contributed by atoms with Gasteiger partial charge in [-0.05, 0) is 0 Å². The van der Waals surface area contributed by atoms with Crippen LogP contribution in [0, 0.1) is 0 Å². The van der Waals surface area contributed by atoms with Crippen molar-refractivity contribution in [1.29, 1.82) is 0 Å². The third kappa shape index (κ3) is 8.16. The van der Waals surface area contributed by atoms with Gasteiger partial charge in [0.1, 0.15) is 7.85 Å². The first-order valence-electron chi connectivity index (χ1n) is 5.81. The van der Waals surface area contributed by atoms with Crippen LogP contribution in [0.3, 0.4) is 0 Å². The van der Waals surface area contributed by atoms with Crippen LogP contribution in [-0.4, -0.2) is 7.85 Å². The highest BCUT2D eigenvalue weighted by Gasteiger charge is 2.00. The molecule has 0 bridgehead atoms. The van der Waals surface area contributed by atoms with Crippen molar-refractivity contribution in [2.24, 2.45) is 0 Å². The first-order valence-corrected chi connectivity index (χ1v) is 5.81. The molecule has 0 N–H and O–H groups in total. The van der Waals surface area contributed by atoms with Gasteiger partial charge >= 0.3 is 0 Å². The Morgan fingerprint density at radius 1 is 0.833 bits per heavy atom. The lowest BCUT2D eigenvalue weighted by Gasteiger charge is -2.09. The minimum atomic E-state index is 0.974. The number of hydrogen-bond donors (Lipinski definition) is 0. The topological polar surface area (TPSA) is 0 Å². The molecule has 0 spiro atoms. The van der Waals surface area contributed by atoms with Gasteiger partial charge in [-0.2, -0.15) is 0 Å². The van der Waals surface area contributed by atoms with E-state index in [1.807, 2.05) is 0 Å². The maximum absolute atomic E-state index is 2.40. The number of rotatable bonds is 8. The highest BCUT2D eigenvalue weighted by Crippen LogP contribution is 2.18. The van der Waals surface area contributed by atoms with Gasteiger partial charge in [0.2, 0.25) is 0 Å². The van der Waals surface area contributed by atoms with E-state index in [0.29, 0.717) is 0 Å². The van der Waals surface area contributed by atoms with Gasteiger partial charge in [0.15, 0.2) is 0 Å². The van der Waals surface area contributed by atoms with Crippen LogP contribution in [0.4, 0.5) is 0 Å². The maximum Gasteiger partial charge on any atom is 0.105 e. The molecule has 0 radical (unpaired) electrons. The largest absolute Gasteiger partial charge is 0.105 e. The molecule has 12 heavy (non-hydrogen) atoms. The molecular formula is C11H25B. The van der Waals surface area contributed by atoms with E-state index in [9.17, 15) is 0 Å². The second-order valence-corrected chi connectivity index (χ2v) is 4.10. The van der Waals surface area contributed by atoms with Crippen LogP contribution < -0.4 is 0 Å². The molecule has 0 amide bonds. The molecule has 0 saturated carbocycles. The van der Waals surface area contributed by atoms with E-state index >= 15 is 0 Å². The summed E-state index contributed by atoms with van der Waals surface area (Å²) in [5.74, 6) is 0.974. The second kappa shape index (κ2) is 9.16. The van der Waals surface area contributed by atoms with Crippen LogP contribution in [0.25, 0.3) is 0 Å². The Balaban J connectivity index is 3.02. The first-order chi connectivity index (χ1) is 5.81. The molecule has 0 aliphatic heterocycles. The van der Waals surface area contributed by atoms with Crippen molar-refractivity contribution in [2.75, 3.05) is 0 Å². The van der Waals surface area contributed by atoms with E-state index in [1.165, 1.54) is 51.4 Å². The zero-order chi connectivity index (χ0) is 9.23. The van der Waals surface area contributed by atoms with Crippen LogP contribution in [0.5, 0.6) is 0 Å². The van der Waals surface area contributed by atoms with Crippen molar-refractivity contribution in [2.45, 2.75) is 71.0 Å². The Hall–Kier alpha value is 0.0649. The smallest absolute Gasteiger partial charge is 0.0697 e. The van der Waals surface area contributed by atoms with Gasteiger partial charge in [-0.1, -0.05) is 71.0 Å². The second-order valence-electron chi connectivity index (χ2n) is 4.10. The monoisotopic (exact) mass is 168 g/mol. The molecule has 0 aromatic rings. The SMILES string of the molecule is BC(CCCC)CCCCCC. The Labute approximate surface area is 79.5 Å². The zero-order valence-corrected chi connectivity index (χ0v) is 9.23. The summed E-state index contributed by atoms with van der Waals surface area (Å²) in [5.41, 5.74) is 0. The Morgan fingerprint density at radius 3 is 2.00 bits per heavy atom. The lowest BCUT2D eigenvalue weighted by Crippen LogP contribution is -1.92. The van der Waals surface area contributed by atoms with E-state index in [2.05, 4.69) is 21.7 Å². The van der Waals surface area contributed by atoms with E-state index in [0.717, 1.165) is 5.82 Å². The summed E-state index contributed by atoms with van der Waals surface area (Å²) in [6.07, 6.45) is 11.4. The van der Waals surface area contributed by atoms with Crippen molar-refractivity contribution < 1.29 is 0 Å². The summed E-state index contributed by atoms with van der Waals surface area (Å²) in [4.78, 5) is 0. The van der Waals surface area contributed by atoms with Gasteiger partial charge in [0.05, 0.1) is 0 Å². The standard InChI is InChI=1S/C11H25B/c1-3-5-7-8-10-11(12)9-6-4-2/h11H,3-10,12H2,1-2H3. The van der Waals surface area contributed by atoms with Crippen molar-refractivity contribution in [3.05, 3.63) is 0 Å². The fourth-order valence-corrected chi connectivity index (χ4v) is 1.62. The highest BCUT2D eigenvalue weighted by molar-refractivity contribution is 6.11. The molecule has 1 unspecified atom stereocenters. The maximum atomic E-state index is 2.40. The average Bonchev–Trinajstić information content (AvgIpc) is 2.09. The third-order valence-corrected chi connectivity index (χ3v) is 2.60. The minimum Gasteiger partial charge on any atom is -0.0697 e. The summed E-state index contributed by atoms with van der Waals surface area (Å²) in [6, 6.07) is 0. The molecule has 1 atom stereocenters. The molecule has 1 heteroatoms. The fourth-order valence-electron chi connectivity index (χ4n) is 1.62. The normalized spacial score (nSPS) is 13.2. The highest BCUT2D eigenvalue weighted by atomic mass is 14.0. The Bertz CT molecular complexity index is 81.1. The third-order valence-electron chi connectivity index (χ3n) is 2.60. The van der Waals surface area contributed by atoms with E-state index in [-0.39, 0.29) is 0 Å². The molecule has 0 aliphatic carbocycles. The summed E-state index contributed by atoms with van der Waals surface area (Å²) in [5, 5.41) is 0. The van der Waals surface area contributed by atoms with E-state index < -0.39 is 0 Å². The Kier molecular flexibility index (Phi) is 9.20. The van der Waals surface area contributed by atoms with Crippen LogP contribution in [0.2, 0.25) is 5.82 Å². The molecule has 0 heterocycles. The van der Waals surface area contributed by atoms with Crippen LogP contribution in [0.15, 0.2) is 0 Å². The quantitative estimate of drug-likeness (QED) is 0.384. The predicted molar refractivity (Wildman–Crippen MR) is 60.6 cm³/mol. The first kappa shape index (κ1) is 12.1. The lowest BCUT2D eigenvalue weighted by atomic mass is 9.79. The summed E-state index contributed by atoms with van der Waals surface area (Å²) in [7, 11) is 2.40. The molecule has 0 aromatic heterocycles. The van der Waals surface area contributed by atoms with Crippen LogP contribution >= 0.6 is 0 Å². The molecule has 0 saturated heterocycles. The van der Waals surface area contributed by atoms with Crippen molar-refractivity contribution in [1.82, 2.24) is 0 Å². The Morgan fingerprint density at radius 2 is 1.42 bits per heavy atom.